The lowest BCUT2D eigenvalue weighted by molar-refractivity contribution is -0.113. The molecule has 1 aliphatic rings. The minimum Gasteiger partial charge on any atom is -0.268 e. The molecule has 2 aromatic rings. The molecule has 0 bridgehead atoms. The van der Waals surface area contributed by atoms with Gasteiger partial charge in [0.15, 0.2) is 0 Å². The summed E-state index contributed by atoms with van der Waals surface area (Å²) in [5.74, 6) is -0.266. The number of amides is 2. The standard InChI is InChI=1S/C20H19NO2S/c1-20(2,3)15-9-11-16(12-10-15)21-18(22)17(24-19(21)23)13-14-7-5-4-6-8-14/h4-13H,1-3H3/b17-13-. The van der Waals surface area contributed by atoms with Gasteiger partial charge in [0.1, 0.15) is 0 Å². The first-order valence-electron chi connectivity index (χ1n) is 7.80. The second-order valence-electron chi connectivity index (χ2n) is 6.72. The van der Waals surface area contributed by atoms with Crippen molar-refractivity contribution in [3.05, 3.63) is 70.6 Å². The SMILES string of the molecule is CC(C)(C)c1ccc(N2C(=O)S/C(=C\c3ccccc3)C2=O)cc1. The number of carbonyl (C=O) groups is 2. The van der Waals surface area contributed by atoms with Crippen LogP contribution in [0.4, 0.5) is 10.5 Å². The van der Waals surface area contributed by atoms with Gasteiger partial charge < -0.3 is 0 Å². The summed E-state index contributed by atoms with van der Waals surface area (Å²) in [6, 6.07) is 17.2. The Morgan fingerprint density at radius 1 is 0.917 bits per heavy atom. The minimum absolute atomic E-state index is 0.0324. The molecular weight excluding hydrogens is 318 g/mol. The molecule has 0 unspecified atom stereocenters. The van der Waals surface area contributed by atoms with Crippen molar-refractivity contribution in [1.29, 1.82) is 0 Å². The Bertz CT molecular complexity index is 802. The molecule has 0 spiro atoms. The van der Waals surface area contributed by atoms with Gasteiger partial charge in [-0.15, -0.1) is 0 Å². The van der Waals surface area contributed by atoms with Crippen molar-refractivity contribution in [3.8, 4) is 0 Å². The lowest BCUT2D eigenvalue weighted by Crippen LogP contribution is -2.27. The molecule has 0 N–H and O–H groups in total. The number of thioether (sulfide) groups is 1. The van der Waals surface area contributed by atoms with Gasteiger partial charge in [0.05, 0.1) is 10.6 Å². The highest BCUT2D eigenvalue weighted by molar-refractivity contribution is 8.19. The van der Waals surface area contributed by atoms with E-state index in [1.807, 2.05) is 54.6 Å². The number of carbonyl (C=O) groups excluding carboxylic acids is 2. The second-order valence-corrected chi connectivity index (χ2v) is 7.72. The largest absolute Gasteiger partial charge is 0.298 e. The van der Waals surface area contributed by atoms with Crippen LogP contribution in [0.5, 0.6) is 0 Å². The van der Waals surface area contributed by atoms with Gasteiger partial charge in [0.2, 0.25) is 0 Å². The summed E-state index contributed by atoms with van der Waals surface area (Å²) in [6.07, 6.45) is 1.76. The van der Waals surface area contributed by atoms with Crippen LogP contribution in [0.25, 0.3) is 6.08 Å². The van der Waals surface area contributed by atoms with Crippen molar-refractivity contribution in [2.45, 2.75) is 26.2 Å². The van der Waals surface area contributed by atoms with Crippen molar-refractivity contribution in [1.82, 2.24) is 0 Å². The molecular formula is C20H19NO2S. The predicted octanol–water partition coefficient (Wildman–Crippen LogP) is 5.23. The summed E-state index contributed by atoms with van der Waals surface area (Å²) in [5.41, 5.74) is 2.72. The molecule has 2 amide bonds. The van der Waals surface area contributed by atoms with E-state index in [4.69, 9.17) is 0 Å². The molecule has 0 saturated carbocycles. The molecule has 0 aliphatic carbocycles. The van der Waals surface area contributed by atoms with E-state index < -0.39 is 0 Å². The van der Waals surface area contributed by atoms with E-state index in [1.165, 1.54) is 4.90 Å². The molecule has 122 valence electrons. The number of anilines is 1. The van der Waals surface area contributed by atoms with Gasteiger partial charge in [0.25, 0.3) is 11.1 Å². The zero-order chi connectivity index (χ0) is 17.3. The first-order valence-corrected chi connectivity index (χ1v) is 8.61. The van der Waals surface area contributed by atoms with Crippen LogP contribution >= 0.6 is 11.8 Å². The van der Waals surface area contributed by atoms with Gasteiger partial charge >= 0.3 is 0 Å². The molecule has 1 saturated heterocycles. The average molecular weight is 337 g/mol. The van der Waals surface area contributed by atoms with Crippen LogP contribution in [0.2, 0.25) is 0 Å². The Kier molecular flexibility index (Phi) is 4.33. The molecule has 0 atom stereocenters. The van der Waals surface area contributed by atoms with Crippen molar-refractivity contribution in [2.75, 3.05) is 4.90 Å². The molecule has 3 nitrogen and oxygen atoms in total. The van der Waals surface area contributed by atoms with Crippen LogP contribution in [0.15, 0.2) is 59.5 Å². The molecule has 1 fully saturated rings. The third-order valence-corrected chi connectivity index (χ3v) is 4.75. The summed E-state index contributed by atoms with van der Waals surface area (Å²) < 4.78 is 0. The minimum atomic E-state index is -0.266. The van der Waals surface area contributed by atoms with Crippen molar-refractivity contribution >= 4 is 34.7 Å². The average Bonchev–Trinajstić information content (AvgIpc) is 2.82. The van der Waals surface area contributed by atoms with E-state index in [0.29, 0.717) is 10.6 Å². The van der Waals surface area contributed by atoms with Gasteiger partial charge in [-0.25, -0.2) is 4.90 Å². The zero-order valence-corrected chi connectivity index (χ0v) is 14.8. The summed E-state index contributed by atoms with van der Waals surface area (Å²) >= 11 is 0.980. The van der Waals surface area contributed by atoms with Gasteiger partial charge in [-0.05, 0) is 46.5 Å². The molecule has 24 heavy (non-hydrogen) atoms. The Hall–Kier alpha value is -2.33. The lowest BCUT2D eigenvalue weighted by atomic mass is 9.87. The summed E-state index contributed by atoms with van der Waals surface area (Å²) in [5, 5.41) is -0.259. The quantitative estimate of drug-likeness (QED) is 0.705. The molecule has 3 rings (SSSR count). The number of benzene rings is 2. The van der Waals surface area contributed by atoms with Crippen LogP contribution in [-0.2, 0) is 10.2 Å². The monoisotopic (exact) mass is 337 g/mol. The number of hydrogen-bond acceptors (Lipinski definition) is 3. The van der Waals surface area contributed by atoms with Crippen LogP contribution in [-0.4, -0.2) is 11.1 Å². The second kappa shape index (κ2) is 6.29. The number of rotatable bonds is 2. The van der Waals surface area contributed by atoms with Crippen molar-refractivity contribution in [3.63, 3.8) is 0 Å². The van der Waals surface area contributed by atoms with E-state index in [-0.39, 0.29) is 16.6 Å². The molecule has 4 heteroatoms. The number of nitrogens with zero attached hydrogens (tertiary/aromatic N) is 1. The molecule has 2 aromatic carbocycles. The normalized spacial score (nSPS) is 17.0. The van der Waals surface area contributed by atoms with Crippen LogP contribution in [0.3, 0.4) is 0 Å². The Labute approximate surface area is 146 Å². The Morgan fingerprint density at radius 3 is 2.12 bits per heavy atom. The number of hydrogen-bond donors (Lipinski definition) is 0. The highest BCUT2D eigenvalue weighted by Crippen LogP contribution is 2.36. The van der Waals surface area contributed by atoms with Gasteiger partial charge in [-0.2, -0.15) is 0 Å². The fourth-order valence-electron chi connectivity index (χ4n) is 2.50. The summed E-state index contributed by atoms with van der Waals surface area (Å²) in [4.78, 5) is 26.6. The molecule has 1 aliphatic heterocycles. The van der Waals surface area contributed by atoms with E-state index in [1.54, 1.807) is 6.08 Å². The Morgan fingerprint density at radius 2 is 1.54 bits per heavy atom. The maximum Gasteiger partial charge on any atom is 0.298 e. The van der Waals surface area contributed by atoms with E-state index >= 15 is 0 Å². The third-order valence-electron chi connectivity index (χ3n) is 3.88. The fraction of sp³-hybridized carbons (Fsp3) is 0.200. The van der Waals surface area contributed by atoms with Crippen molar-refractivity contribution in [2.24, 2.45) is 0 Å². The summed E-state index contributed by atoms with van der Waals surface area (Å²) in [6.45, 7) is 6.39. The molecule has 0 aromatic heterocycles. The first-order chi connectivity index (χ1) is 11.4. The fourth-order valence-corrected chi connectivity index (χ4v) is 3.34. The van der Waals surface area contributed by atoms with E-state index in [2.05, 4.69) is 20.8 Å². The smallest absolute Gasteiger partial charge is 0.268 e. The van der Waals surface area contributed by atoms with Gasteiger partial charge in [-0.3, -0.25) is 9.59 Å². The third kappa shape index (κ3) is 3.29. The van der Waals surface area contributed by atoms with Crippen LogP contribution in [0, 0.1) is 0 Å². The maximum atomic E-state index is 12.6. The number of imide groups is 1. The van der Waals surface area contributed by atoms with Gasteiger partial charge in [-0.1, -0.05) is 63.2 Å². The zero-order valence-electron chi connectivity index (χ0n) is 13.9. The highest BCUT2D eigenvalue weighted by atomic mass is 32.2. The molecule has 1 heterocycles. The Balaban J connectivity index is 1.88. The highest BCUT2D eigenvalue weighted by Gasteiger charge is 2.36. The lowest BCUT2D eigenvalue weighted by Gasteiger charge is -2.20. The topological polar surface area (TPSA) is 37.4 Å². The van der Waals surface area contributed by atoms with Crippen molar-refractivity contribution < 1.29 is 9.59 Å². The predicted molar refractivity (Wildman–Crippen MR) is 100 cm³/mol. The maximum absolute atomic E-state index is 12.6. The van der Waals surface area contributed by atoms with E-state index in [0.717, 1.165) is 22.9 Å². The van der Waals surface area contributed by atoms with Crippen LogP contribution < -0.4 is 4.90 Å². The summed E-state index contributed by atoms with van der Waals surface area (Å²) in [7, 11) is 0. The molecule has 0 radical (unpaired) electrons. The van der Waals surface area contributed by atoms with E-state index in [9.17, 15) is 9.59 Å². The van der Waals surface area contributed by atoms with Crippen LogP contribution in [0.1, 0.15) is 31.9 Å². The first kappa shape index (κ1) is 16.5. The van der Waals surface area contributed by atoms with Gasteiger partial charge in [0, 0.05) is 0 Å².